The Balaban J connectivity index is 1.53. The van der Waals surface area contributed by atoms with Gasteiger partial charge in [-0.25, -0.2) is 13.1 Å². The standard InChI is InChI=1S/C13H21N3O3S/c17-20(18,10-12-6-8-19-14-12)15-11-5-7-16(9-11)13-3-1-2-4-13/h6,8,11,13,15H,1-5,7,9-10H2. The fraction of sp³-hybridized carbons (Fsp3) is 0.769. The number of sulfonamides is 1. The molecule has 0 spiro atoms. The van der Waals surface area contributed by atoms with Crippen LogP contribution < -0.4 is 4.72 Å². The molecule has 2 heterocycles. The summed E-state index contributed by atoms with van der Waals surface area (Å²) in [6, 6.07) is 2.28. The molecule has 0 radical (unpaired) electrons. The monoisotopic (exact) mass is 299 g/mol. The number of nitrogens with one attached hydrogen (secondary N) is 1. The van der Waals surface area contributed by atoms with Crippen molar-refractivity contribution in [3.8, 4) is 0 Å². The average molecular weight is 299 g/mol. The molecule has 1 unspecified atom stereocenters. The van der Waals surface area contributed by atoms with Crippen LogP contribution in [0, 0.1) is 0 Å². The maximum atomic E-state index is 12.1. The zero-order chi connectivity index (χ0) is 14.0. The van der Waals surface area contributed by atoms with Crippen LogP contribution in [0.1, 0.15) is 37.8 Å². The highest BCUT2D eigenvalue weighted by Crippen LogP contribution is 2.26. The molecule has 1 aromatic rings. The first kappa shape index (κ1) is 14.0. The van der Waals surface area contributed by atoms with Gasteiger partial charge in [-0.3, -0.25) is 4.90 Å². The molecule has 0 bridgehead atoms. The third kappa shape index (κ3) is 3.39. The normalized spacial score (nSPS) is 25.5. The van der Waals surface area contributed by atoms with Gasteiger partial charge in [-0.05, 0) is 19.3 Å². The van der Waals surface area contributed by atoms with Gasteiger partial charge in [0, 0.05) is 31.2 Å². The van der Waals surface area contributed by atoms with E-state index in [0.29, 0.717) is 11.7 Å². The zero-order valence-electron chi connectivity index (χ0n) is 11.5. The Hall–Kier alpha value is -0.920. The van der Waals surface area contributed by atoms with Crippen molar-refractivity contribution in [1.29, 1.82) is 0 Å². The summed E-state index contributed by atoms with van der Waals surface area (Å²) in [6.45, 7) is 1.84. The number of rotatable bonds is 5. The second-order valence-corrected chi connectivity index (χ2v) is 7.54. The van der Waals surface area contributed by atoms with E-state index < -0.39 is 10.0 Å². The average Bonchev–Trinajstić information content (AvgIpc) is 3.07. The Morgan fingerprint density at radius 2 is 2.15 bits per heavy atom. The second-order valence-electron chi connectivity index (χ2n) is 5.79. The highest BCUT2D eigenvalue weighted by molar-refractivity contribution is 7.88. The first-order valence-electron chi connectivity index (χ1n) is 7.26. The zero-order valence-corrected chi connectivity index (χ0v) is 12.3. The van der Waals surface area contributed by atoms with E-state index in [-0.39, 0.29) is 11.8 Å². The van der Waals surface area contributed by atoms with Gasteiger partial charge < -0.3 is 4.52 Å². The molecule has 1 aromatic heterocycles. The molecule has 1 N–H and O–H groups in total. The molecule has 0 amide bonds. The molecule has 0 aromatic carbocycles. The van der Waals surface area contributed by atoms with Crippen LogP contribution in [0.5, 0.6) is 0 Å². The summed E-state index contributed by atoms with van der Waals surface area (Å²) in [5, 5.41) is 3.65. The molecule has 6 nitrogen and oxygen atoms in total. The van der Waals surface area contributed by atoms with Crippen molar-refractivity contribution in [3.63, 3.8) is 0 Å². The molecule has 7 heteroatoms. The number of hydrogen-bond acceptors (Lipinski definition) is 5. The minimum Gasteiger partial charge on any atom is -0.364 e. The third-order valence-electron chi connectivity index (χ3n) is 4.24. The van der Waals surface area contributed by atoms with Gasteiger partial charge in [0.05, 0.1) is 5.69 Å². The van der Waals surface area contributed by atoms with E-state index in [4.69, 9.17) is 0 Å². The lowest BCUT2D eigenvalue weighted by atomic mass is 10.2. The van der Waals surface area contributed by atoms with E-state index in [1.807, 2.05) is 0 Å². The van der Waals surface area contributed by atoms with Crippen LogP contribution in [0.15, 0.2) is 16.9 Å². The van der Waals surface area contributed by atoms with Crippen LogP contribution in [-0.2, 0) is 15.8 Å². The van der Waals surface area contributed by atoms with Crippen molar-refractivity contribution < 1.29 is 12.9 Å². The smallest absolute Gasteiger partial charge is 0.217 e. The number of aromatic nitrogens is 1. The van der Waals surface area contributed by atoms with E-state index >= 15 is 0 Å². The van der Waals surface area contributed by atoms with E-state index in [1.165, 1.54) is 31.9 Å². The molecule has 1 aliphatic heterocycles. The Labute approximate surface area is 119 Å². The van der Waals surface area contributed by atoms with E-state index in [0.717, 1.165) is 19.5 Å². The summed E-state index contributed by atoms with van der Waals surface area (Å²) < 4.78 is 31.6. The molecule has 1 saturated heterocycles. The van der Waals surface area contributed by atoms with Gasteiger partial charge in [-0.15, -0.1) is 0 Å². The topological polar surface area (TPSA) is 75.4 Å². The predicted molar refractivity (Wildman–Crippen MR) is 74.5 cm³/mol. The largest absolute Gasteiger partial charge is 0.364 e. The molecule has 1 atom stereocenters. The fourth-order valence-electron chi connectivity index (χ4n) is 3.29. The number of hydrogen-bond donors (Lipinski definition) is 1. The fourth-order valence-corrected chi connectivity index (χ4v) is 4.61. The SMILES string of the molecule is O=S(=O)(Cc1ccon1)NC1CCN(C2CCCC2)C1. The molecule has 1 aliphatic carbocycles. The third-order valence-corrected chi connectivity index (χ3v) is 5.60. The van der Waals surface area contributed by atoms with Gasteiger partial charge in [0.2, 0.25) is 10.0 Å². The summed E-state index contributed by atoms with van der Waals surface area (Å²) in [7, 11) is -3.33. The molecule has 20 heavy (non-hydrogen) atoms. The lowest BCUT2D eigenvalue weighted by Gasteiger charge is -2.23. The summed E-state index contributed by atoms with van der Waals surface area (Å²) in [6.07, 6.45) is 7.43. The second kappa shape index (κ2) is 5.83. The van der Waals surface area contributed by atoms with Crippen molar-refractivity contribution in [2.75, 3.05) is 13.1 Å². The highest BCUT2D eigenvalue weighted by atomic mass is 32.2. The molecule has 2 fully saturated rings. The Kier molecular flexibility index (Phi) is 4.09. The van der Waals surface area contributed by atoms with Crippen LogP contribution >= 0.6 is 0 Å². The Morgan fingerprint density at radius 3 is 2.85 bits per heavy atom. The van der Waals surface area contributed by atoms with Gasteiger partial charge >= 0.3 is 0 Å². The Morgan fingerprint density at radius 1 is 1.35 bits per heavy atom. The van der Waals surface area contributed by atoms with Crippen molar-refractivity contribution >= 4 is 10.0 Å². The van der Waals surface area contributed by atoms with Crippen LogP contribution in [0.4, 0.5) is 0 Å². The number of nitrogens with zero attached hydrogens (tertiary/aromatic N) is 2. The van der Waals surface area contributed by atoms with E-state index in [9.17, 15) is 8.42 Å². The van der Waals surface area contributed by atoms with Crippen molar-refractivity contribution in [1.82, 2.24) is 14.8 Å². The lowest BCUT2D eigenvalue weighted by molar-refractivity contribution is 0.242. The quantitative estimate of drug-likeness (QED) is 0.881. The minimum absolute atomic E-state index is 0.0347. The summed E-state index contributed by atoms with van der Waals surface area (Å²) in [5.74, 6) is -0.108. The molecule has 112 valence electrons. The molecular formula is C13H21N3O3S. The van der Waals surface area contributed by atoms with Crippen LogP contribution in [0.25, 0.3) is 0 Å². The highest BCUT2D eigenvalue weighted by Gasteiger charge is 2.31. The van der Waals surface area contributed by atoms with Crippen LogP contribution in [0.2, 0.25) is 0 Å². The summed E-state index contributed by atoms with van der Waals surface area (Å²) in [4.78, 5) is 2.44. The van der Waals surface area contributed by atoms with Crippen LogP contribution in [-0.4, -0.2) is 43.6 Å². The van der Waals surface area contributed by atoms with Gasteiger partial charge in [-0.1, -0.05) is 18.0 Å². The molecule has 3 rings (SSSR count). The van der Waals surface area contributed by atoms with Gasteiger partial charge in [-0.2, -0.15) is 0 Å². The summed E-state index contributed by atoms with van der Waals surface area (Å²) in [5.41, 5.74) is 0.447. The van der Waals surface area contributed by atoms with Gasteiger partial charge in [0.15, 0.2) is 0 Å². The Bertz CT molecular complexity index is 523. The van der Waals surface area contributed by atoms with Crippen LogP contribution in [0.3, 0.4) is 0 Å². The number of likely N-dealkylation sites (tertiary alicyclic amines) is 1. The van der Waals surface area contributed by atoms with Crippen molar-refractivity contribution in [3.05, 3.63) is 18.0 Å². The van der Waals surface area contributed by atoms with Crippen molar-refractivity contribution in [2.45, 2.75) is 49.9 Å². The first-order valence-corrected chi connectivity index (χ1v) is 8.91. The lowest BCUT2D eigenvalue weighted by Crippen LogP contribution is -2.39. The maximum Gasteiger partial charge on any atom is 0.217 e. The first-order chi connectivity index (χ1) is 9.62. The van der Waals surface area contributed by atoms with Gasteiger partial charge in [0.25, 0.3) is 0 Å². The molecule has 2 aliphatic rings. The predicted octanol–water partition coefficient (Wildman–Crippen LogP) is 1.11. The van der Waals surface area contributed by atoms with Crippen molar-refractivity contribution in [2.24, 2.45) is 0 Å². The minimum atomic E-state index is -3.33. The van der Waals surface area contributed by atoms with E-state index in [1.54, 1.807) is 6.07 Å². The molecule has 1 saturated carbocycles. The summed E-state index contributed by atoms with van der Waals surface area (Å²) >= 11 is 0. The van der Waals surface area contributed by atoms with Gasteiger partial charge in [0.1, 0.15) is 12.0 Å². The molecular weight excluding hydrogens is 278 g/mol. The maximum absolute atomic E-state index is 12.1. The van der Waals surface area contributed by atoms with E-state index in [2.05, 4.69) is 19.3 Å².